The molecule has 1 fully saturated rings. The topological polar surface area (TPSA) is 91.8 Å². The van der Waals surface area contributed by atoms with Crippen molar-refractivity contribution >= 4 is 29.3 Å². The van der Waals surface area contributed by atoms with Gasteiger partial charge >= 0.3 is 5.97 Å². The summed E-state index contributed by atoms with van der Waals surface area (Å²) in [4.78, 5) is 45.6. The molecular formula is C27H28N4O4. The molecule has 4 rings (SSSR count). The van der Waals surface area contributed by atoms with Gasteiger partial charge in [0.05, 0.1) is 12.2 Å². The Morgan fingerprint density at radius 3 is 2.29 bits per heavy atom. The summed E-state index contributed by atoms with van der Waals surface area (Å²) in [5.74, 6) is 0.148. The number of pyridine rings is 1. The Labute approximate surface area is 204 Å². The zero-order chi connectivity index (χ0) is 24.6. The number of ether oxygens (including phenoxy) is 1. The molecule has 0 spiro atoms. The van der Waals surface area contributed by atoms with E-state index in [2.05, 4.69) is 15.2 Å². The fourth-order valence-corrected chi connectivity index (χ4v) is 3.93. The summed E-state index contributed by atoms with van der Waals surface area (Å²) >= 11 is 0. The van der Waals surface area contributed by atoms with Gasteiger partial charge in [0, 0.05) is 49.2 Å². The number of nitrogens with zero attached hydrogens (tertiary/aromatic N) is 3. The molecule has 35 heavy (non-hydrogen) atoms. The third-order valence-electron chi connectivity index (χ3n) is 5.79. The second kappa shape index (κ2) is 11.3. The van der Waals surface area contributed by atoms with E-state index >= 15 is 0 Å². The Bertz CT molecular complexity index is 1160. The summed E-state index contributed by atoms with van der Waals surface area (Å²) in [5, 5.41) is 2.85. The zero-order valence-corrected chi connectivity index (χ0v) is 19.6. The molecule has 0 radical (unpaired) electrons. The van der Waals surface area contributed by atoms with Gasteiger partial charge in [0.15, 0.2) is 0 Å². The van der Waals surface area contributed by atoms with Crippen LogP contribution in [0.3, 0.4) is 0 Å². The van der Waals surface area contributed by atoms with E-state index in [1.54, 1.807) is 49.4 Å². The molecule has 2 heterocycles. The van der Waals surface area contributed by atoms with Gasteiger partial charge in [0.25, 0.3) is 11.8 Å². The molecule has 180 valence electrons. The summed E-state index contributed by atoms with van der Waals surface area (Å²) in [6.45, 7) is 4.70. The van der Waals surface area contributed by atoms with E-state index in [-0.39, 0.29) is 17.8 Å². The molecule has 0 aliphatic carbocycles. The van der Waals surface area contributed by atoms with E-state index in [1.165, 1.54) is 6.20 Å². The van der Waals surface area contributed by atoms with Gasteiger partial charge in [-0.25, -0.2) is 9.78 Å². The van der Waals surface area contributed by atoms with E-state index < -0.39 is 0 Å². The van der Waals surface area contributed by atoms with Crippen LogP contribution in [-0.4, -0.2) is 60.5 Å². The minimum Gasteiger partial charge on any atom is -0.462 e. The molecule has 1 N–H and O–H groups in total. The Morgan fingerprint density at radius 2 is 1.60 bits per heavy atom. The molecule has 1 saturated heterocycles. The van der Waals surface area contributed by atoms with Gasteiger partial charge in [-0.3, -0.25) is 9.59 Å². The zero-order valence-electron chi connectivity index (χ0n) is 19.6. The van der Waals surface area contributed by atoms with Gasteiger partial charge in [0.1, 0.15) is 5.82 Å². The van der Waals surface area contributed by atoms with Gasteiger partial charge < -0.3 is 19.9 Å². The predicted octanol–water partition coefficient (Wildman–Crippen LogP) is 3.86. The standard InChI is InChI=1S/C27H28N4O4/c1-2-35-27(34)22-11-14-24(28-19-22)30-15-6-16-31(18-17-30)26(33)21-9-12-23(13-10-21)29-25(32)20-7-4-3-5-8-20/h3-5,7-14,19H,2,6,15-18H2,1H3,(H,29,32). The number of carbonyl (C=O) groups excluding carboxylic acids is 3. The van der Waals surface area contributed by atoms with Crippen LogP contribution in [0.5, 0.6) is 0 Å². The summed E-state index contributed by atoms with van der Waals surface area (Å²) in [6.07, 6.45) is 2.33. The summed E-state index contributed by atoms with van der Waals surface area (Å²) in [5.41, 5.74) is 2.21. The number of rotatable bonds is 6. The van der Waals surface area contributed by atoms with Gasteiger partial charge in [-0.1, -0.05) is 18.2 Å². The average Bonchev–Trinajstić information content (AvgIpc) is 3.16. The fourth-order valence-electron chi connectivity index (χ4n) is 3.93. The summed E-state index contributed by atoms with van der Waals surface area (Å²) < 4.78 is 5.00. The molecule has 0 atom stereocenters. The maximum atomic E-state index is 13.1. The Kier molecular flexibility index (Phi) is 7.72. The van der Waals surface area contributed by atoms with E-state index in [0.29, 0.717) is 48.6 Å². The van der Waals surface area contributed by atoms with Crippen molar-refractivity contribution in [2.24, 2.45) is 0 Å². The number of hydrogen-bond acceptors (Lipinski definition) is 6. The highest BCUT2D eigenvalue weighted by Crippen LogP contribution is 2.18. The lowest BCUT2D eigenvalue weighted by molar-refractivity contribution is 0.0525. The lowest BCUT2D eigenvalue weighted by Gasteiger charge is -2.23. The maximum absolute atomic E-state index is 13.1. The largest absolute Gasteiger partial charge is 0.462 e. The Hall–Kier alpha value is -4.20. The molecule has 1 aliphatic heterocycles. The number of carbonyl (C=O) groups is 3. The normalized spacial score (nSPS) is 13.6. The first kappa shape index (κ1) is 23.9. The van der Waals surface area contributed by atoms with Crippen molar-refractivity contribution in [1.29, 1.82) is 0 Å². The number of aromatic nitrogens is 1. The first-order valence-electron chi connectivity index (χ1n) is 11.7. The minimum atomic E-state index is -0.384. The lowest BCUT2D eigenvalue weighted by Crippen LogP contribution is -2.35. The Balaban J connectivity index is 1.34. The van der Waals surface area contributed by atoms with Crippen LogP contribution in [-0.2, 0) is 4.74 Å². The van der Waals surface area contributed by atoms with Crippen molar-refractivity contribution in [2.45, 2.75) is 13.3 Å². The number of anilines is 2. The van der Waals surface area contributed by atoms with Crippen molar-refractivity contribution in [3.05, 3.63) is 89.6 Å². The molecule has 1 aliphatic rings. The van der Waals surface area contributed by atoms with E-state index in [1.807, 2.05) is 29.2 Å². The second-order valence-corrected chi connectivity index (χ2v) is 8.16. The number of esters is 1. The molecule has 0 unspecified atom stereocenters. The maximum Gasteiger partial charge on any atom is 0.339 e. The monoisotopic (exact) mass is 472 g/mol. The van der Waals surface area contributed by atoms with E-state index in [4.69, 9.17) is 4.74 Å². The van der Waals surface area contributed by atoms with Gasteiger partial charge in [-0.2, -0.15) is 0 Å². The third-order valence-corrected chi connectivity index (χ3v) is 5.79. The molecule has 8 heteroatoms. The van der Waals surface area contributed by atoms with Crippen LogP contribution in [0.2, 0.25) is 0 Å². The smallest absolute Gasteiger partial charge is 0.339 e. The van der Waals surface area contributed by atoms with Crippen molar-refractivity contribution in [1.82, 2.24) is 9.88 Å². The summed E-state index contributed by atoms with van der Waals surface area (Å²) in [6, 6.07) is 19.5. The molecule has 0 saturated carbocycles. The average molecular weight is 473 g/mol. The first-order chi connectivity index (χ1) is 17.0. The van der Waals surface area contributed by atoms with Gasteiger partial charge in [-0.05, 0) is 61.9 Å². The highest BCUT2D eigenvalue weighted by atomic mass is 16.5. The van der Waals surface area contributed by atoms with Crippen LogP contribution in [0.4, 0.5) is 11.5 Å². The van der Waals surface area contributed by atoms with Crippen LogP contribution in [0, 0.1) is 0 Å². The molecule has 2 amide bonds. The predicted molar refractivity (Wildman–Crippen MR) is 134 cm³/mol. The van der Waals surface area contributed by atoms with Gasteiger partial charge in [0.2, 0.25) is 0 Å². The SMILES string of the molecule is CCOC(=O)c1ccc(N2CCCN(C(=O)c3ccc(NC(=O)c4ccccc4)cc3)CC2)nc1. The molecule has 2 aromatic carbocycles. The minimum absolute atomic E-state index is 0.0431. The van der Waals surface area contributed by atoms with Crippen LogP contribution in [0.1, 0.15) is 44.4 Å². The summed E-state index contributed by atoms with van der Waals surface area (Å²) in [7, 11) is 0. The van der Waals surface area contributed by atoms with Crippen LogP contribution in [0.15, 0.2) is 72.9 Å². The van der Waals surface area contributed by atoms with Crippen molar-refractivity contribution < 1.29 is 19.1 Å². The highest BCUT2D eigenvalue weighted by Gasteiger charge is 2.21. The number of amides is 2. The van der Waals surface area contributed by atoms with Crippen LogP contribution >= 0.6 is 0 Å². The third kappa shape index (κ3) is 6.03. The quantitative estimate of drug-likeness (QED) is 0.548. The fraction of sp³-hybridized carbons (Fsp3) is 0.259. The van der Waals surface area contributed by atoms with Crippen molar-refractivity contribution in [3.8, 4) is 0 Å². The van der Waals surface area contributed by atoms with Crippen LogP contribution < -0.4 is 10.2 Å². The number of hydrogen-bond donors (Lipinski definition) is 1. The molecule has 0 bridgehead atoms. The number of benzene rings is 2. The molecular weight excluding hydrogens is 444 g/mol. The number of nitrogens with one attached hydrogen (secondary N) is 1. The van der Waals surface area contributed by atoms with Crippen LogP contribution in [0.25, 0.3) is 0 Å². The second-order valence-electron chi connectivity index (χ2n) is 8.16. The van der Waals surface area contributed by atoms with Crippen molar-refractivity contribution in [3.63, 3.8) is 0 Å². The van der Waals surface area contributed by atoms with Crippen molar-refractivity contribution in [2.75, 3.05) is 43.0 Å². The molecule has 1 aromatic heterocycles. The molecule has 8 nitrogen and oxygen atoms in total. The van der Waals surface area contributed by atoms with Gasteiger partial charge in [-0.15, -0.1) is 0 Å². The Morgan fingerprint density at radius 1 is 0.857 bits per heavy atom. The highest BCUT2D eigenvalue weighted by molar-refractivity contribution is 6.04. The van der Waals surface area contributed by atoms with E-state index in [9.17, 15) is 14.4 Å². The van der Waals surface area contributed by atoms with E-state index in [0.717, 1.165) is 18.8 Å². The first-order valence-corrected chi connectivity index (χ1v) is 11.7. The lowest BCUT2D eigenvalue weighted by atomic mass is 10.1. The molecule has 3 aromatic rings.